The first-order valence-electron chi connectivity index (χ1n) is 6.09. The summed E-state index contributed by atoms with van der Waals surface area (Å²) in [5.74, 6) is -0.414. The van der Waals surface area contributed by atoms with Gasteiger partial charge in [-0.05, 0) is 25.0 Å². The molecule has 0 spiro atoms. The van der Waals surface area contributed by atoms with Crippen molar-refractivity contribution in [3.8, 4) is 0 Å². The zero-order valence-electron chi connectivity index (χ0n) is 10.1. The average Bonchev–Trinajstić information content (AvgIpc) is 2.39. The summed E-state index contributed by atoms with van der Waals surface area (Å²) >= 11 is 0. The van der Waals surface area contributed by atoms with Crippen LogP contribution in [-0.2, 0) is 9.09 Å². The van der Waals surface area contributed by atoms with Gasteiger partial charge in [-0.15, -0.1) is 0 Å². The summed E-state index contributed by atoms with van der Waals surface area (Å²) in [5.41, 5.74) is -0.0156. The maximum absolute atomic E-state index is 13.8. The molecule has 0 heterocycles. The van der Waals surface area contributed by atoms with Crippen LogP contribution in [0, 0.1) is 5.82 Å². The lowest BCUT2D eigenvalue weighted by atomic mass is 10.0. The van der Waals surface area contributed by atoms with Gasteiger partial charge < -0.3 is 4.52 Å². The van der Waals surface area contributed by atoms with E-state index in [-0.39, 0.29) is 11.0 Å². The van der Waals surface area contributed by atoms with Crippen LogP contribution in [0.15, 0.2) is 24.3 Å². The van der Waals surface area contributed by atoms with Gasteiger partial charge in [-0.25, -0.2) is 4.39 Å². The lowest BCUT2D eigenvalue weighted by molar-refractivity contribution is 0.372. The molecule has 0 radical (unpaired) electrons. The molecule has 1 saturated carbocycles. The second-order valence-corrected chi connectivity index (χ2v) is 7.29. The predicted octanol–water partition coefficient (Wildman–Crippen LogP) is 3.71. The normalized spacial score (nSPS) is 21.1. The van der Waals surface area contributed by atoms with Crippen molar-refractivity contribution in [2.75, 3.05) is 7.11 Å². The second-order valence-electron chi connectivity index (χ2n) is 4.52. The molecule has 0 N–H and O–H groups in total. The quantitative estimate of drug-likeness (QED) is 0.771. The van der Waals surface area contributed by atoms with Crippen LogP contribution in [0.1, 0.15) is 32.1 Å². The highest BCUT2D eigenvalue weighted by Crippen LogP contribution is 2.55. The number of rotatable bonds is 3. The van der Waals surface area contributed by atoms with Crippen molar-refractivity contribution < 1.29 is 13.5 Å². The molecule has 1 aliphatic carbocycles. The minimum atomic E-state index is -3.04. The lowest BCUT2D eigenvalue weighted by Crippen LogP contribution is -2.23. The fraction of sp³-hybridized carbons (Fsp3) is 0.538. The first-order chi connectivity index (χ1) is 8.18. The molecule has 1 fully saturated rings. The van der Waals surface area contributed by atoms with Gasteiger partial charge in [0.25, 0.3) is 0 Å². The molecule has 1 aliphatic rings. The van der Waals surface area contributed by atoms with Crippen LogP contribution < -0.4 is 5.30 Å². The van der Waals surface area contributed by atoms with Gasteiger partial charge in [0.05, 0.1) is 5.30 Å². The fourth-order valence-corrected chi connectivity index (χ4v) is 5.17. The Morgan fingerprint density at radius 1 is 1.24 bits per heavy atom. The molecule has 94 valence electrons. The first-order valence-corrected chi connectivity index (χ1v) is 7.78. The Morgan fingerprint density at radius 3 is 2.47 bits per heavy atom. The van der Waals surface area contributed by atoms with Crippen molar-refractivity contribution in [1.29, 1.82) is 0 Å². The Bertz CT molecular complexity index is 427. The molecule has 2 nitrogen and oxygen atoms in total. The predicted molar refractivity (Wildman–Crippen MR) is 67.5 cm³/mol. The SMILES string of the molecule is COP(=O)(c1ccccc1F)C1CCCCC1. The summed E-state index contributed by atoms with van der Waals surface area (Å²) in [5, 5.41) is 0.259. The van der Waals surface area contributed by atoms with Gasteiger partial charge in [0.1, 0.15) is 5.82 Å². The third-order valence-electron chi connectivity index (χ3n) is 3.51. The van der Waals surface area contributed by atoms with Gasteiger partial charge in [0.2, 0.25) is 7.37 Å². The highest BCUT2D eigenvalue weighted by atomic mass is 31.2. The van der Waals surface area contributed by atoms with Crippen molar-refractivity contribution in [2.24, 2.45) is 0 Å². The largest absolute Gasteiger partial charge is 0.328 e. The van der Waals surface area contributed by atoms with Crippen molar-refractivity contribution in [1.82, 2.24) is 0 Å². The first kappa shape index (κ1) is 12.8. The van der Waals surface area contributed by atoms with Gasteiger partial charge in [-0.2, -0.15) is 0 Å². The Balaban J connectivity index is 2.36. The number of hydrogen-bond donors (Lipinski definition) is 0. The van der Waals surface area contributed by atoms with E-state index in [1.165, 1.54) is 19.6 Å². The van der Waals surface area contributed by atoms with Crippen LogP contribution in [0.4, 0.5) is 4.39 Å². The molecule has 4 heteroatoms. The van der Waals surface area contributed by atoms with E-state index < -0.39 is 13.2 Å². The van der Waals surface area contributed by atoms with Crippen molar-refractivity contribution in [3.63, 3.8) is 0 Å². The van der Waals surface area contributed by atoms with Gasteiger partial charge >= 0.3 is 0 Å². The van der Waals surface area contributed by atoms with Gasteiger partial charge in [0.15, 0.2) is 0 Å². The Labute approximate surface area is 102 Å². The summed E-state index contributed by atoms with van der Waals surface area (Å²) in [6, 6.07) is 6.27. The van der Waals surface area contributed by atoms with Crippen LogP contribution in [-0.4, -0.2) is 12.8 Å². The minimum Gasteiger partial charge on any atom is -0.328 e. The smallest absolute Gasteiger partial charge is 0.237 e. The molecule has 1 unspecified atom stereocenters. The number of benzene rings is 1. The van der Waals surface area contributed by atoms with Crippen molar-refractivity contribution in [3.05, 3.63) is 30.1 Å². The zero-order valence-corrected chi connectivity index (χ0v) is 11.0. The maximum atomic E-state index is 13.8. The molecule has 1 aromatic carbocycles. The van der Waals surface area contributed by atoms with Crippen LogP contribution in [0.5, 0.6) is 0 Å². The van der Waals surface area contributed by atoms with E-state index in [9.17, 15) is 8.96 Å². The Morgan fingerprint density at radius 2 is 1.88 bits per heavy atom. The lowest BCUT2D eigenvalue weighted by Gasteiger charge is -2.29. The Hall–Kier alpha value is -0.660. The van der Waals surface area contributed by atoms with Crippen molar-refractivity contribution in [2.45, 2.75) is 37.8 Å². The van der Waals surface area contributed by atoms with E-state index >= 15 is 0 Å². The molecule has 0 bridgehead atoms. The molecule has 0 amide bonds. The van der Waals surface area contributed by atoms with Crippen LogP contribution in [0.25, 0.3) is 0 Å². The minimum absolute atomic E-state index is 0.0156. The molecule has 0 aliphatic heterocycles. The summed E-state index contributed by atoms with van der Waals surface area (Å²) in [6.07, 6.45) is 5.05. The summed E-state index contributed by atoms with van der Waals surface area (Å²) in [7, 11) is -1.61. The van der Waals surface area contributed by atoms with Gasteiger partial charge in [0, 0.05) is 12.8 Å². The third kappa shape index (κ3) is 2.46. The third-order valence-corrected chi connectivity index (χ3v) is 6.57. The number of halogens is 1. The molecule has 17 heavy (non-hydrogen) atoms. The maximum Gasteiger partial charge on any atom is 0.237 e. The zero-order chi connectivity index (χ0) is 12.3. The fourth-order valence-electron chi connectivity index (χ4n) is 2.57. The molecule has 2 rings (SSSR count). The molecule has 1 atom stereocenters. The summed E-state index contributed by atoms with van der Waals surface area (Å²) in [4.78, 5) is 0. The van der Waals surface area contributed by atoms with E-state index in [0.717, 1.165) is 25.7 Å². The molecular formula is C13H18FO2P. The molecule has 0 aromatic heterocycles. The Kier molecular flexibility index (Phi) is 4.01. The molecular weight excluding hydrogens is 238 g/mol. The molecule has 0 saturated heterocycles. The van der Waals surface area contributed by atoms with E-state index in [4.69, 9.17) is 4.52 Å². The van der Waals surface area contributed by atoms with Crippen LogP contribution >= 0.6 is 7.37 Å². The average molecular weight is 256 g/mol. The highest BCUT2D eigenvalue weighted by Gasteiger charge is 2.37. The standard InChI is InChI=1S/C13H18FO2P/c1-16-17(15,11-7-3-2-4-8-11)13-10-6-5-9-12(13)14/h5-6,9-11H,2-4,7-8H2,1H3. The topological polar surface area (TPSA) is 26.3 Å². The van der Waals surface area contributed by atoms with E-state index in [0.29, 0.717) is 0 Å². The molecule has 1 aromatic rings. The van der Waals surface area contributed by atoms with Crippen molar-refractivity contribution >= 4 is 12.7 Å². The van der Waals surface area contributed by atoms with Crippen LogP contribution in [0.2, 0.25) is 0 Å². The van der Waals surface area contributed by atoms with E-state index in [1.54, 1.807) is 18.2 Å². The van der Waals surface area contributed by atoms with Gasteiger partial charge in [-0.1, -0.05) is 31.4 Å². The van der Waals surface area contributed by atoms with Crippen LogP contribution in [0.3, 0.4) is 0 Å². The summed E-state index contributed by atoms with van der Waals surface area (Å²) in [6.45, 7) is 0. The summed E-state index contributed by atoms with van der Waals surface area (Å²) < 4.78 is 31.9. The second kappa shape index (κ2) is 5.32. The highest BCUT2D eigenvalue weighted by molar-refractivity contribution is 7.67. The van der Waals surface area contributed by atoms with E-state index in [1.807, 2.05) is 0 Å². The van der Waals surface area contributed by atoms with Gasteiger partial charge in [-0.3, -0.25) is 4.57 Å². The number of hydrogen-bond acceptors (Lipinski definition) is 2. The monoisotopic (exact) mass is 256 g/mol. The van der Waals surface area contributed by atoms with E-state index in [2.05, 4.69) is 0 Å².